The Morgan fingerprint density at radius 3 is 2.26 bits per heavy atom. The molecule has 1 aliphatic heterocycles. The van der Waals surface area contributed by atoms with Crippen molar-refractivity contribution < 1.29 is 9.59 Å². The van der Waals surface area contributed by atoms with E-state index in [4.69, 9.17) is 0 Å². The van der Waals surface area contributed by atoms with Crippen LogP contribution in [-0.4, -0.2) is 22.6 Å². The Kier molecular flexibility index (Phi) is 3.56. The molecule has 2 rings (SSSR count). The molecule has 1 atom stereocenters. The zero-order chi connectivity index (χ0) is 14.2. The van der Waals surface area contributed by atoms with Crippen LogP contribution in [0, 0.1) is 6.92 Å². The zero-order valence-electron chi connectivity index (χ0n) is 11.9. The van der Waals surface area contributed by atoms with Crippen LogP contribution in [0.4, 0.5) is 0 Å². The first-order valence-corrected chi connectivity index (χ1v) is 6.50. The van der Waals surface area contributed by atoms with Crippen LogP contribution in [0.5, 0.6) is 0 Å². The van der Waals surface area contributed by atoms with Crippen molar-refractivity contribution in [2.75, 3.05) is 0 Å². The molecule has 0 saturated carbocycles. The summed E-state index contributed by atoms with van der Waals surface area (Å²) in [6, 6.07) is 7.98. The lowest BCUT2D eigenvalue weighted by atomic mass is 10.0. The predicted octanol–water partition coefficient (Wildman–Crippen LogP) is 2.63. The lowest BCUT2D eigenvalue weighted by molar-refractivity contribution is -0.127. The Labute approximate surface area is 113 Å². The molecule has 0 spiro atoms. The number of Topliss-reactive ketones (excluding diaryl/α,β-unsaturated/α-hetero) is 1. The van der Waals surface area contributed by atoms with E-state index < -0.39 is 0 Å². The molecule has 3 heteroatoms. The second-order valence-electron chi connectivity index (χ2n) is 5.19. The maximum atomic E-state index is 12.2. The molecule has 0 fully saturated rings. The number of hydrogen-bond acceptors (Lipinski definition) is 2. The minimum absolute atomic E-state index is 0.00949. The van der Waals surface area contributed by atoms with Crippen molar-refractivity contribution in [1.29, 1.82) is 0 Å². The second-order valence-corrected chi connectivity index (χ2v) is 5.19. The van der Waals surface area contributed by atoms with Crippen molar-refractivity contribution in [3.8, 4) is 0 Å². The summed E-state index contributed by atoms with van der Waals surface area (Å²) in [4.78, 5) is 25.6. The Balaban J connectivity index is 2.22. The SMILES string of the molecule is CC(=O)C1=C(C)C(=O)N(Cc2ccc(C)cc2)C1C. The summed E-state index contributed by atoms with van der Waals surface area (Å²) in [7, 11) is 0. The molecule has 1 aromatic carbocycles. The van der Waals surface area contributed by atoms with Gasteiger partial charge in [-0.1, -0.05) is 29.8 Å². The van der Waals surface area contributed by atoms with Crippen molar-refractivity contribution in [2.24, 2.45) is 0 Å². The molecule has 1 amide bonds. The van der Waals surface area contributed by atoms with Gasteiger partial charge in [-0.2, -0.15) is 0 Å². The third kappa shape index (κ3) is 2.46. The molecule has 0 radical (unpaired) electrons. The summed E-state index contributed by atoms with van der Waals surface area (Å²) in [5, 5.41) is 0. The molecule has 1 heterocycles. The van der Waals surface area contributed by atoms with Gasteiger partial charge >= 0.3 is 0 Å². The largest absolute Gasteiger partial charge is 0.328 e. The molecule has 1 aliphatic rings. The van der Waals surface area contributed by atoms with Gasteiger partial charge in [0, 0.05) is 17.7 Å². The van der Waals surface area contributed by atoms with E-state index in [2.05, 4.69) is 0 Å². The normalized spacial score (nSPS) is 19.3. The summed E-state index contributed by atoms with van der Waals surface area (Å²) in [6.45, 7) is 7.77. The van der Waals surface area contributed by atoms with Crippen LogP contribution in [0.25, 0.3) is 0 Å². The smallest absolute Gasteiger partial charge is 0.250 e. The fourth-order valence-corrected chi connectivity index (χ4v) is 2.63. The van der Waals surface area contributed by atoms with Gasteiger partial charge in [0.05, 0.1) is 6.04 Å². The van der Waals surface area contributed by atoms with Crippen LogP contribution in [-0.2, 0) is 16.1 Å². The number of carbonyl (C=O) groups is 2. The summed E-state index contributed by atoms with van der Waals surface area (Å²) in [5.74, 6) is -0.0389. The molecule has 3 nitrogen and oxygen atoms in total. The number of benzene rings is 1. The van der Waals surface area contributed by atoms with Crippen molar-refractivity contribution >= 4 is 11.7 Å². The lowest BCUT2D eigenvalue weighted by Crippen LogP contribution is -2.33. The number of aryl methyl sites for hydroxylation is 1. The predicted molar refractivity (Wildman–Crippen MR) is 74.6 cm³/mol. The lowest BCUT2D eigenvalue weighted by Gasteiger charge is -2.23. The van der Waals surface area contributed by atoms with Gasteiger partial charge in [0.1, 0.15) is 0 Å². The van der Waals surface area contributed by atoms with E-state index >= 15 is 0 Å². The van der Waals surface area contributed by atoms with E-state index in [1.807, 2.05) is 38.1 Å². The summed E-state index contributed by atoms with van der Waals surface area (Å²) in [6.07, 6.45) is 0. The van der Waals surface area contributed by atoms with Crippen LogP contribution < -0.4 is 0 Å². The Bertz CT molecular complexity index is 555. The highest BCUT2D eigenvalue weighted by Gasteiger charge is 2.35. The van der Waals surface area contributed by atoms with E-state index in [-0.39, 0.29) is 17.7 Å². The van der Waals surface area contributed by atoms with Gasteiger partial charge in [-0.05, 0) is 33.3 Å². The van der Waals surface area contributed by atoms with Gasteiger partial charge in [0.2, 0.25) is 0 Å². The third-order valence-electron chi connectivity index (χ3n) is 3.72. The highest BCUT2D eigenvalue weighted by Crippen LogP contribution is 2.27. The van der Waals surface area contributed by atoms with E-state index in [9.17, 15) is 9.59 Å². The number of carbonyl (C=O) groups excluding carboxylic acids is 2. The van der Waals surface area contributed by atoms with Crippen LogP contribution in [0.3, 0.4) is 0 Å². The van der Waals surface area contributed by atoms with Crippen LogP contribution in [0.2, 0.25) is 0 Å². The molecule has 0 aromatic heterocycles. The maximum absolute atomic E-state index is 12.2. The van der Waals surface area contributed by atoms with Crippen molar-refractivity contribution in [3.63, 3.8) is 0 Å². The first-order chi connectivity index (χ1) is 8.91. The van der Waals surface area contributed by atoms with Crippen LogP contribution >= 0.6 is 0 Å². The fraction of sp³-hybridized carbons (Fsp3) is 0.375. The standard InChI is InChI=1S/C16H19NO2/c1-10-5-7-14(8-6-10)9-17-12(3)15(13(4)18)11(2)16(17)19/h5-8,12H,9H2,1-4H3. The van der Waals surface area contributed by atoms with E-state index in [0.717, 1.165) is 5.56 Å². The summed E-state index contributed by atoms with van der Waals surface area (Å²) >= 11 is 0. The quantitative estimate of drug-likeness (QED) is 0.834. The van der Waals surface area contributed by atoms with Gasteiger partial charge in [-0.3, -0.25) is 9.59 Å². The Morgan fingerprint density at radius 2 is 1.79 bits per heavy atom. The number of amides is 1. The molecule has 0 saturated heterocycles. The molecule has 100 valence electrons. The van der Waals surface area contributed by atoms with Gasteiger partial charge < -0.3 is 4.90 Å². The van der Waals surface area contributed by atoms with Gasteiger partial charge in [0.25, 0.3) is 5.91 Å². The van der Waals surface area contributed by atoms with Gasteiger partial charge in [-0.25, -0.2) is 0 Å². The van der Waals surface area contributed by atoms with E-state index in [1.54, 1.807) is 11.8 Å². The number of hydrogen-bond donors (Lipinski definition) is 0. The second kappa shape index (κ2) is 5.00. The van der Waals surface area contributed by atoms with Crippen molar-refractivity contribution in [1.82, 2.24) is 4.90 Å². The third-order valence-corrected chi connectivity index (χ3v) is 3.72. The molecular formula is C16H19NO2. The minimum Gasteiger partial charge on any atom is -0.328 e. The zero-order valence-corrected chi connectivity index (χ0v) is 11.9. The van der Waals surface area contributed by atoms with Gasteiger partial charge in [0.15, 0.2) is 5.78 Å². The monoisotopic (exact) mass is 257 g/mol. The highest BCUT2D eigenvalue weighted by molar-refractivity contribution is 6.08. The average Bonchev–Trinajstić information content (AvgIpc) is 2.56. The molecule has 0 bridgehead atoms. The maximum Gasteiger partial charge on any atom is 0.250 e. The van der Waals surface area contributed by atoms with Crippen LogP contribution in [0.1, 0.15) is 31.9 Å². The summed E-state index contributed by atoms with van der Waals surface area (Å²) in [5.41, 5.74) is 3.52. The molecule has 0 N–H and O–H groups in total. The minimum atomic E-state index is -0.133. The van der Waals surface area contributed by atoms with Crippen molar-refractivity contribution in [3.05, 3.63) is 46.5 Å². The highest BCUT2D eigenvalue weighted by atomic mass is 16.2. The van der Waals surface area contributed by atoms with Gasteiger partial charge in [-0.15, -0.1) is 0 Å². The molecule has 1 aromatic rings. The first-order valence-electron chi connectivity index (χ1n) is 6.50. The van der Waals surface area contributed by atoms with Crippen molar-refractivity contribution in [2.45, 2.75) is 40.3 Å². The van der Waals surface area contributed by atoms with Crippen LogP contribution in [0.15, 0.2) is 35.4 Å². The summed E-state index contributed by atoms with van der Waals surface area (Å²) < 4.78 is 0. The topological polar surface area (TPSA) is 37.4 Å². The number of rotatable bonds is 3. The fourth-order valence-electron chi connectivity index (χ4n) is 2.63. The first kappa shape index (κ1) is 13.5. The molecule has 1 unspecified atom stereocenters. The average molecular weight is 257 g/mol. The molecular weight excluding hydrogens is 238 g/mol. The number of ketones is 1. The Morgan fingerprint density at radius 1 is 1.21 bits per heavy atom. The Hall–Kier alpha value is -1.90. The van der Waals surface area contributed by atoms with E-state index in [0.29, 0.717) is 17.7 Å². The molecule has 0 aliphatic carbocycles. The molecule has 19 heavy (non-hydrogen) atoms. The van der Waals surface area contributed by atoms with E-state index in [1.165, 1.54) is 12.5 Å². The number of nitrogens with zero attached hydrogens (tertiary/aromatic N) is 1.